The zero-order valence-electron chi connectivity index (χ0n) is 9.62. The van der Waals surface area contributed by atoms with E-state index in [1.807, 2.05) is 13.1 Å². The van der Waals surface area contributed by atoms with Gasteiger partial charge in [-0.1, -0.05) is 13.8 Å². The molecule has 82 valence electrons. The lowest BCUT2D eigenvalue weighted by Crippen LogP contribution is -2.23. The van der Waals surface area contributed by atoms with E-state index in [-0.39, 0.29) is 0 Å². The number of rotatable bonds is 2. The summed E-state index contributed by atoms with van der Waals surface area (Å²) < 4.78 is 0. The second kappa shape index (κ2) is 3.68. The molecule has 4 heteroatoms. The molecule has 1 aliphatic heterocycles. The van der Waals surface area contributed by atoms with E-state index in [9.17, 15) is 0 Å². The second-order valence-electron chi connectivity index (χ2n) is 4.82. The van der Waals surface area contributed by atoms with Crippen LogP contribution in [0.5, 0.6) is 0 Å². The first-order valence-electron chi connectivity index (χ1n) is 5.36. The van der Waals surface area contributed by atoms with Crippen molar-refractivity contribution in [1.82, 2.24) is 9.97 Å². The molecule has 2 heterocycles. The lowest BCUT2D eigenvalue weighted by atomic mass is 9.93. The number of anilines is 2. The van der Waals surface area contributed by atoms with Crippen molar-refractivity contribution in [3.05, 3.63) is 12.3 Å². The highest BCUT2D eigenvalue weighted by Crippen LogP contribution is 2.31. The quantitative estimate of drug-likeness (QED) is 0.800. The Balaban J connectivity index is 2.16. The molecule has 0 saturated carbocycles. The van der Waals surface area contributed by atoms with Crippen LogP contribution >= 0.6 is 0 Å². The molecule has 1 aromatic heterocycles. The first-order valence-corrected chi connectivity index (χ1v) is 5.36. The van der Waals surface area contributed by atoms with E-state index >= 15 is 0 Å². The van der Waals surface area contributed by atoms with Crippen LogP contribution in [0, 0.1) is 5.41 Å². The molecule has 0 aromatic carbocycles. The van der Waals surface area contributed by atoms with Crippen LogP contribution in [0.25, 0.3) is 0 Å². The van der Waals surface area contributed by atoms with Gasteiger partial charge in [0.1, 0.15) is 5.82 Å². The minimum atomic E-state index is 0.407. The molecular weight excluding hydrogens is 188 g/mol. The molecule has 1 saturated heterocycles. The maximum absolute atomic E-state index is 4.44. The third-order valence-electron chi connectivity index (χ3n) is 2.87. The molecule has 1 aliphatic rings. The predicted molar refractivity (Wildman–Crippen MR) is 62.2 cm³/mol. The van der Waals surface area contributed by atoms with Crippen LogP contribution in [-0.2, 0) is 0 Å². The van der Waals surface area contributed by atoms with Gasteiger partial charge in [0.2, 0.25) is 5.95 Å². The number of hydrogen-bond acceptors (Lipinski definition) is 4. The maximum Gasteiger partial charge on any atom is 0.224 e. The summed E-state index contributed by atoms with van der Waals surface area (Å²) >= 11 is 0. The van der Waals surface area contributed by atoms with Crippen LogP contribution in [0.1, 0.15) is 20.3 Å². The van der Waals surface area contributed by atoms with Crippen molar-refractivity contribution in [3.63, 3.8) is 0 Å². The Hall–Kier alpha value is -1.32. The van der Waals surface area contributed by atoms with Gasteiger partial charge in [-0.05, 0) is 17.9 Å². The molecule has 15 heavy (non-hydrogen) atoms. The number of hydrogen-bond donors (Lipinski definition) is 1. The van der Waals surface area contributed by atoms with Crippen molar-refractivity contribution in [2.45, 2.75) is 20.3 Å². The van der Waals surface area contributed by atoms with Crippen molar-refractivity contribution < 1.29 is 0 Å². The summed E-state index contributed by atoms with van der Waals surface area (Å²) in [6.07, 6.45) is 3.03. The van der Waals surface area contributed by atoms with Gasteiger partial charge in [-0.15, -0.1) is 0 Å². The van der Waals surface area contributed by atoms with Crippen LogP contribution in [0.3, 0.4) is 0 Å². The summed E-state index contributed by atoms with van der Waals surface area (Å²) in [5.41, 5.74) is 0.407. The number of nitrogens with one attached hydrogen (secondary N) is 1. The van der Waals surface area contributed by atoms with E-state index in [4.69, 9.17) is 0 Å². The Labute approximate surface area is 90.7 Å². The average molecular weight is 206 g/mol. The van der Waals surface area contributed by atoms with Gasteiger partial charge in [0.15, 0.2) is 0 Å². The zero-order valence-corrected chi connectivity index (χ0v) is 9.62. The number of nitrogens with zero attached hydrogens (tertiary/aromatic N) is 3. The van der Waals surface area contributed by atoms with E-state index in [0.717, 1.165) is 18.9 Å². The molecule has 1 N–H and O–H groups in total. The van der Waals surface area contributed by atoms with Gasteiger partial charge in [-0.25, -0.2) is 4.98 Å². The average Bonchev–Trinajstić information content (AvgIpc) is 2.59. The van der Waals surface area contributed by atoms with Crippen molar-refractivity contribution in [2.24, 2.45) is 5.41 Å². The Bertz CT molecular complexity index is 348. The highest BCUT2D eigenvalue weighted by molar-refractivity contribution is 5.43. The van der Waals surface area contributed by atoms with Crippen molar-refractivity contribution in [3.8, 4) is 0 Å². The Morgan fingerprint density at radius 2 is 2.27 bits per heavy atom. The SMILES string of the molecule is CNc1nccc(N2CCC(C)(C)C2)n1. The molecule has 1 fully saturated rings. The summed E-state index contributed by atoms with van der Waals surface area (Å²) in [4.78, 5) is 10.9. The molecule has 4 nitrogen and oxygen atoms in total. The van der Waals surface area contributed by atoms with Crippen molar-refractivity contribution >= 4 is 11.8 Å². The fourth-order valence-electron chi connectivity index (χ4n) is 1.95. The van der Waals surface area contributed by atoms with Crippen LogP contribution in [0.15, 0.2) is 12.3 Å². The Morgan fingerprint density at radius 3 is 2.87 bits per heavy atom. The molecule has 0 radical (unpaired) electrons. The first-order chi connectivity index (χ1) is 7.11. The predicted octanol–water partition coefficient (Wildman–Crippen LogP) is 1.75. The molecule has 0 bridgehead atoms. The number of aromatic nitrogens is 2. The van der Waals surface area contributed by atoms with Gasteiger partial charge in [0.25, 0.3) is 0 Å². The van der Waals surface area contributed by atoms with Gasteiger partial charge < -0.3 is 10.2 Å². The molecule has 0 aliphatic carbocycles. The van der Waals surface area contributed by atoms with E-state index in [1.54, 1.807) is 6.20 Å². The molecule has 2 rings (SSSR count). The summed E-state index contributed by atoms with van der Waals surface area (Å²) in [7, 11) is 1.84. The van der Waals surface area contributed by atoms with E-state index in [1.165, 1.54) is 6.42 Å². The lowest BCUT2D eigenvalue weighted by molar-refractivity contribution is 0.418. The molecule has 0 spiro atoms. The molecular formula is C11H18N4. The third kappa shape index (κ3) is 2.19. The normalized spacial score (nSPS) is 19.3. The van der Waals surface area contributed by atoms with Crippen molar-refractivity contribution in [1.29, 1.82) is 0 Å². The van der Waals surface area contributed by atoms with E-state index < -0.39 is 0 Å². The Kier molecular flexibility index (Phi) is 2.50. The monoisotopic (exact) mass is 206 g/mol. The maximum atomic E-state index is 4.44. The van der Waals surface area contributed by atoms with Gasteiger partial charge in [-0.3, -0.25) is 0 Å². The van der Waals surface area contributed by atoms with Crippen molar-refractivity contribution in [2.75, 3.05) is 30.4 Å². The standard InChI is InChI=1S/C11H18N4/c1-11(2)5-7-15(8-11)9-4-6-13-10(12-3)14-9/h4,6H,5,7-8H2,1-3H3,(H,12,13,14). The highest BCUT2D eigenvalue weighted by atomic mass is 15.2. The smallest absolute Gasteiger partial charge is 0.224 e. The van der Waals surface area contributed by atoms with Crippen LogP contribution < -0.4 is 10.2 Å². The largest absolute Gasteiger partial charge is 0.357 e. The first kappa shape index (κ1) is 10.2. The third-order valence-corrected chi connectivity index (χ3v) is 2.87. The highest BCUT2D eigenvalue weighted by Gasteiger charge is 2.29. The van der Waals surface area contributed by atoms with Gasteiger partial charge in [0.05, 0.1) is 0 Å². The zero-order chi connectivity index (χ0) is 10.9. The fraction of sp³-hybridized carbons (Fsp3) is 0.636. The topological polar surface area (TPSA) is 41.1 Å². The van der Waals surface area contributed by atoms with Crippen LogP contribution in [0.2, 0.25) is 0 Å². The van der Waals surface area contributed by atoms with Gasteiger partial charge >= 0.3 is 0 Å². The van der Waals surface area contributed by atoms with Crippen LogP contribution in [-0.4, -0.2) is 30.1 Å². The van der Waals surface area contributed by atoms with Crippen LogP contribution in [0.4, 0.5) is 11.8 Å². The summed E-state index contributed by atoms with van der Waals surface area (Å²) in [6, 6.07) is 1.97. The lowest BCUT2D eigenvalue weighted by Gasteiger charge is -2.20. The second-order valence-corrected chi connectivity index (χ2v) is 4.82. The fourth-order valence-corrected chi connectivity index (χ4v) is 1.95. The summed E-state index contributed by atoms with van der Waals surface area (Å²) in [6.45, 7) is 6.76. The molecule has 0 unspecified atom stereocenters. The van der Waals surface area contributed by atoms with Gasteiger partial charge in [0, 0.05) is 26.3 Å². The summed E-state index contributed by atoms with van der Waals surface area (Å²) in [5, 5.41) is 2.96. The summed E-state index contributed by atoms with van der Waals surface area (Å²) in [5.74, 6) is 1.72. The molecule has 0 amide bonds. The van der Waals surface area contributed by atoms with E-state index in [2.05, 4.69) is 34.0 Å². The van der Waals surface area contributed by atoms with Gasteiger partial charge in [-0.2, -0.15) is 4.98 Å². The minimum Gasteiger partial charge on any atom is -0.357 e. The van der Waals surface area contributed by atoms with E-state index in [0.29, 0.717) is 11.4 Å². The molecule has 1 aromatic rings. The minimum absolute atomic E-state index is 0.407. The molecule has 0 atom stereocenters. The Morgan fingerprint density at radius 1 is 1.47 bits per heavy atom.